The van der Waals surface area contributed by atoms with Gasteiger partial charge in [0.2, 0.25) is 5.91 Å². The molecule has 0 aliphatic carbocycles. The van der Waals surface area contributed by atoms with Crippen molar-refractivity contribution in [1.82, 2.24) is 4.90 Å². The Morgan fingerprint density at radius 2 is 1.86 bits per heavy atom. The summed E-state index contributed by atoms with van der Waals surface area (Å²) in [5, 5.41) is 0. The van der Waals surface area contributed by atoms with E-state index in [1.165, 1.54) is 0 Å². The molecule has 2 aromatic rings. The minimum absolute atomic E-state index is 0.254. The second kappa shape index (κ2) is 6.82. The van der Waals surface area contributed by atoms with E-state index in [0.717, 1.165) is 48.9 Å². The van der Waals surface area contributed by atoms with Crippen molar-refractivity contribution in [3.05, 3.63) is 48.2 Å². The molecule has 1 saturated heterocycles. The Bertz CT molecular complexity index is 609. The largest absolute Gasteiger partial charge is 0.461 e. The molecule has 3 heteroatoms. The molecule has 0 atom stereocenters. The van der Waals surface area contributed by atoms with Gasteiger partial charge in [0, 0.05) is 31.5 Å². The van der Waals surface area contributed by atoms with E-state index in [2.05, 4.69) is 6.92 Å². The van der Waals surface area contributed by atoms with Gasteiger partial charge in [-0.1, -0.05) is 37.3 Å². The number of carbonyl (C=O) groups excluding carboxylic acids is 1. The highest BCUT2D eigenvalue weighted by Crippen LogP contribution is 2.23. The van der Waals surface area contributed by atoms with Crippen LogP contribution in [-0.4, -0.2) is 23.9 Å². The van der Waals surface area contributed by atoms with Gasteiger partial charge in [-0.25, -0.2) is 0 Å². The first-order valence-corrected chi connectivity index (χ1v) is 8.14. The van der Waals surface area contributed by atoms with Gasteiger partial charge in [-0.3, -0.25) is 4.79 Å². The van der Waals surface area contributed by atoms with Gasteiger partial charge in [-0.05, 0) is 30.9 Å². The molecule has 1 aromatic heterocycles. The van der Waals surface area contributed by atoms with Crippen molar-refractivity contribution in [2.75, 3.05) is 13.1 Å². The number of aryl methyl sites for hydroxylation is 1. The first-order valence-electron chi connectivity index (χ1n) is 8.14. The maximum atomic E-state index is 12.2. The molecule has 0 N–H and O–H groups in total. The lowest BCUT2D eigenvalue weighted by atomic mass is 9.99. The van der Waals surface area contributed by atoms with E-state index < -0.39 is 0 Å². The van der Waals surface area contributed by atoms with Crippen LogP contribution in [0.3, 0.4) is 0 Å². The SMILES string of the molecule is CC1CCN(C(=O)CCc2ccc(-c3ccccc3)o2)CC1. The molecule has 1 aliphatic rings. The van der Waals surface area contributed by atoms with Crippen LogP contribution in [0.2, 0.25) is 0 Å². The van der Waals surface area contributed by atoms with Gasteiger partial charge in [0.15, 0.2) is 0 Å². The number of piperidine rings is 1. The second-order valence-electron chi connectivity index (χ2n) is 6.20. The standard InChI is InChI=1S/C19H23NO2/c1-15-11-13-20(14-12-15)19(21)10-8-17-7-9-18(22-17)16-5-3-2-4-6-16/h2-7,9,15H,8,10-14H2,1H3. The summed E-state index contributed by atoms with van der Waals surface area (Å²) in [6, 6.07) is 14.0. The fraction of sp³-hybridized carbons (Fsp3) is 0.421. The Morgan fingerprint density at radius 1 is 1.14 bits per heavy atom. The van der Waals surface area contributed by atoms with Crippen LogP contribution < -0.4 is 0 Å². The van der Waals surface area contributed by atoms with E-state index in [1.54, 1.807) is 0 Å². The van der Waals surface area contributed by atoms with Crippen molar-refractivity contribution >= 4 is 5.91 Å². The number of hydrogen-bond acceptors (Lipinski definition) is 2. The highest BCUT2D eigenvalue weighted by atomic mass is 16.3. The van der Waals surface area contributed by atoms with Gasteiger partial charge in [-0.15, -0.1) is 0 Å². The lowest BCUT2D eigenvalue weighted by Crippen LogP contribution is -2.37. The van der Waals surface area contributed by atoms with Crippen LogP contribution in [0.4, 0.5) is 0 Å². The number of rotatable bonds is 4. The van der Waals surface area contributed by atoms with Crippen molar-refractivity contribution in [1.29, 1.82) is 0 Å². The monoisotopic (exact) mass is 297 g/mol. The highest BCUT2D eigenvalue weighted by Gasteiger charge is 2.20. The summed E-state index contributed by atoms with van der Waals surface area (Å²) in [7, 11) is 0. The molecule has 116 valence electrons. The quantitative estimate of drug-likeness (QED) is 0.850. The van der Waals surface area contributed by atoms with Gasteiger partial charge in [0.1, 0.15) is 11.5 Å². The first kappa shape index (κ1) is 14.9. The third kappa shape index (κ3) is 3.59. The van der Waals surface area contributed by atoms with Crippen LogP contribution in [-0.2, 0) is 11.2 Å². The fourth-order valence-electron chi connectivity index (χ4n) is 2.92. The zero-order chi connectivity index (χ0) is 15.4. The maximum absolute atomic E-state index is 12.2. The summed E-state index contributed by atoms with van der Waals surface area (Å²) in [5.74, 6) is 2.76. The number of likely N-dealkylation sites (tertiary alicyclic amines) is 1. The summed E-state index contributed by atoms with van der Waals surface area (Å²) in [4.78, 5) is 14.2. The van der Waals surface area contributed by atoms with Crippen molar-refractivity contribution in [2.24, 2.45) is 5.92 Å². The molecular formula is C19H23NO2. The number of hydrogen-bond donors (Lipinski definition) is 0. The molecule has 1 aliphatic heterocycles. The Kier molecular flexibility index (Phi) is 4.62. The van der Waals surface area contributed by atoms with Gasteiger partial charge < -0.3 is 9.32 Å². The minimum Gasteiger partial charge on any atom is -0.461 e. The third-order valence-electron chi connectivity index (χ3n) is 4.44. The van der Waals surface area contributed by atoms with Gasteiger partial charge >= 0.3 is 0 Å². The summed E-state index contributed by atoms with van der Waals surface area (Å²) in [6.07, 6.45) is 3.48. The molecule has 1 fully saturated rings. The normalized spacial score (nSPS) is 16.0. The zero-order valence-corrected chi connectivity index (χ0v) is 13.1. The molecule has 3 rings (SSSR count). The first-order chi connectivity index (χ1) is 10.7. The van der Waals surface area contributed by atoms with Crippen LogP contribution in [0.25, 0.3) is 11.3 Å². The highest BCUT2D eigenvalue weighted by molar-refractivity contribution is 5.76. The molecule has 1 amide bonds. The fourth-order valence-corrected chi connectivity index (χ4v) is 2.92. The molecule has 1 aromatic carbocycles. The topological polar surface area (TPSA) is 33.5 Å². The van der Waals surface area contributed by atoms with E-state index in [1.807, 2.05) is 47.4 Å². The van der Waals surface area contributed by atoms with Crippen LogP contribution in [0.15, 0.2) is 46.9 Å². The lowest BCUT2D eigenvalue weighted by Gasteiger charge is -2.30. The predicted molar refractivity (Wildman–Crippen MR) is 87.4 cm³/mol. The van der Waals surface area contributed by atoms with Crippen molar-refractivity contribution < 1.29 is 9.21 Å². The Morgan fingerprint density at radius 3 is 2.59 bits per heavy atom. The van der Waals surface area contributed by atoms with E-state index in [4.69, 9.17) is 4.42 Å². The zero-order valence-electron chi connectivity index (χ0n) is 13.1. The number of amides is 1. The Hall–Kier alpha value is -2.03. The summed E-state index contributed by atoms with van der Waals surface area (Å²) in [5.41, 5.74) is 1.07. The molecule has 0 radical (unpaired) electrons. The predicted octanol–water partition coefficient (Wildman–Crippen LogP) is 4.14. The minimum atomic E-state index is 0.254. The molecular weight excluding hydrogens is 274 g/mol. The van der Waals surface area contributed by atoms with Crippen molar-refractivity contribution in [3.63, 3.8) is 0 Å². The number of furan rings is 1. The van der Waals surface area contributed by atoms with Crippen molar-refractivity contribution in [2.45, 2.75) is 32.6 Å². The number of carbonyl (C=O) groups is 1. The molecule has 3 nitrogen and oxygen atoms in total. The van der Waals surface area contributed by atoms with Crippen LogP contribution in [0.1, 0.15) is 31.9 Å². The Balaban J connectivity index is 1.54. The van der Waals surface area contributed by atoms with Gasteiger partial charge in [0.05, 0.1) is 0 Å². The molecule has 0 bridgehead atoms. The lowest BCUT2D eigenvalue weighted by molar-refractivity contribution is -0.132. The van der Waals surface area contributed by atoms with Crippen molar-refractivity contribution in [3.8, 4) is 11.3 Å². The Labute approximate surface area is 131 Å². The molecule has 2 heterocycles. The summed E-state index contributed by atoms with van der Waals surface area (Å²) < 4.78 is 5.85. The average molecular weight is 297 g/mol. The van der Waals surface area contributed by atoms with E-state index in [0.29, 0.717) is 12.8 Å². The molecule has 0 spiro atoms. The van der Waals surface area contributed by atoms with Crippen LogP contribution in [0.5, 0.6) is 0 Å². The maximum Gasteiger partial charge on any atom is 0.223 e. The third-order valence-corrected chi connectivity index (χ3v) is 4.44. The second-order valence-corrected chi connectivity index (χ2v) is 6.20. The smallest absolute Gasteiger partial charge is 0.223 e. The summed E-state index contributed by atoms with van der Waals surface area (Å²) in [6.45, 7) is 4.08. The summed E-state index contributed by atoms with van der Waals surface area (Å²) >= 11 is 0. The number of benzene rings is 1. The van der Waals surface area contributed by atoms with Gasteiger partial charge in [0.25, 0.3) is 0 Å². The number of nitrogens with zero attached hydrogens (tertiary/aromatic N) is 1. The molecule has 22 heavy (non-hydrogen) atoms. The average Bonchev–Trinajstić information content (AvgIpc) is 3.03. The molecule has 0 saturated carbocycles. The van der Waals surface area contributed by atoms with Gasteiger partial charge in [-0.2, -0.15) is 0 Å². The van der Waals surface area contributed by atoms with E-state index in [9.17, 15) is 4.79 Å². The molecule has 0 unspecified atom stereocenters. The van der Waals surface area contributed by atoms with Crippen LogP contribution >= 0.6 is 0 Å². The van der Waals surface area contributed by atoms with E-state index in [-0.39, 0.29) is 5.91 Å². The van der Waals surface area contributed by atoms with Crippen LogP contribution in [0, 0.1) is 5.92 Å². The van der Waals surface area contributed by atoms with E-state index >= 15 is 0 Å².